The van der Waals surface area contributed by atoms with Crippen molar-refractivity contribution < 1.29 is 9.53 Å². The third-order valence-corrected chi connectivity index (χ3v) is 4.00. The molecule has 0 saturated heterocycles. The highest BCUT2D eigenvalue weighted by atomic mass is 16.5. The van der Waals surface area contributed by atoms with Crippen LogP contribution in [-0.2, 0) is 4.79 Å². The number of nitrogens with one attached hydrogen (secondary N) is 2. The molecule has 0 aromatic heterocycles. The van der Waals surface area contributed by atoms with E-state index >= 15 is 0 Å². The lowest BCUT2D eigenvalue weighted by Gasteiger charge is -2.13. The van der Waals surface area contributed by atoms with E-state index in [0.717, 1.165) is 31.2 Å². The van der Waals surface area contributed by atoms with Crippen molar-refractivity contribution in [2.24, 2.45) is 5.92 Å². The van der Waals surface area contributed by atoms with Gasteiger partial charge in [0.2, 0.25) is 5.91 Å². The lowest BCUT2D eigenvalue weighted by atomic mass is 9.98. The third kappa shape index (κ3) is 5.76. The van der Waals surface area contributed by atoms with Gasteiger partial charge in [-0.1, -0.05) is 19.1 Å². The molecule has 1 unspecified atom stereocenters. The summed E-state index contributed by atoms with van der Waals surface area (Å²) in [5.74, 6) is 2.21. The Morgan fingerprint density at radius 1 is 1.33 bits per heavy atom. The van der Waals surface area contributed by atoms with E-state index in [1.165, 1.54) is 18.4 Å². The molecule has 1 saturated carbocycles. The number of carbonyl (C=O) groups excluding carboxylic acids is 1. The molecular formula is C17H26N2O2. The molecule has 1 aliphatic carbocycles. The Kier molecular flexibility index (Phi) is 6.05. The number of benzene rings is 1. The summed E-state index contributed by atoms with van der Waals surface area (Å²) in [4.78, 5) is 11.7. The molecule has 2 N–H and O–H groups in total. The number of carbonyl (C=O) groups is 1. The molecule has 0 bridgehead atoms. The zero-order chi connectivity index (χ0) is 15.1. The second kappa shape index (κ2) is 8.03. The summed E-state index contributed by atoms with van der Waals surface area (Å²) in [6, 6.07) is 8.13. The van der Waals surface area contributed by atoms with Gasteiger partial charge < -0.3 is 15.4 Å². The van der Waals surface area contributed by atoms with E-state index in [4.69, 9.17) is 4.74 Å². The molecule has 0 radical (unpaired) electrons. The van der Waals surface area contributed by atoms with Crippen LogP contribution in [-0.4, -0.2) is 32.7 Å². The van der Waals surface area contributed by atoms with E-state index in [0.29, 0.717) is 12.5 Å². The van der Waals surface area contributed by atoms with Crippen molar-refractivity contribution in [3.63, 3.8) is 0 Å². The van der Waals surface area contributed by atoms with E-state index in [1.54, 1.807) is 7.11 Å². The molecule has 0 heterocycles. The topological polar surface area (TPSA) is 50.4 Å². The smallest absolute Gasteiger partial charge is 0.233 e. The molecule has 1 aromatic carbocycles. The molecule has 1 amide bonds. The van der Waals surface area contributed by atoms with E-state index in [1.807, 2.05) is 12.1 Å². The van der Waals surface area contributed by atoms with Crippen LogP contribution in [0.25, 0.3) is 0 Å². The van der Waals surface area contributed by atoms with Gasteiger partial charge in [0.25, 0.3) is 0 Å². The van der Waals surface area contributed by atoms with Crippen LogP contribution >= 0.6 is 0 Å². The quantitative estimate of drug-likeness (QED) is 0.734. The van der Waals surface area contributed by atoms with Crippen LogP contribution in [0.4, 0.5) is 0 Å². The summed E-state index contributed by atoms with van der Waals surface area (Å²) in [5, 5.41) is 6.18. The highest BCUT2D eigenvalue weighted by Crippen LogP contribution is 2.27. The Morgan fingerprint density at radius 3 is 2.67 bits per heavy atom. The zero-order valence-electron chi connectivity index (χ0n) is 13.0. The average Bonchev–Trinajstić information content (AvgIpc) is 3.31. The molecule has 1 fully saturated rings. The van der Waals surface area contributed by atoms with Gasteiger partial charge in [-0.2, -0.15) is 0 Å². The minimum absolute atomic E-state index is 0.0950. The van der Waals surface area contributed by atoms with E-state index in [9.17, 15) is 4.79 Å². The van der Waals surface area contributed by atoms with Crippen LogP contribution in [0.2, 0.25) is 0 Å². The fourth-order valence-electron chi connectivity index (χ4n) is 2.30. The van der Waals surface area contributed by atoms with Crippen LogP contribution in [0, 0.1) is 5.92 Å². The standard InChI is InChI=1S/C17H26N2O2/c1-13(15-5-7-16(21-2)8-6-15)9-10-19-17(20)12-18-11-14-3-4-14/h5-8,13-14,18H,3-4,9-12H2,1-2H3,(H,19,20). The van der Waals surface area contributed by atoms with E-state index in [2.05, 4.69) is 29.7 Å². The van der Waals surface area contributed by atoms with Gasteiger partial charge >= 0.3 is 0 Å². The van der Waals surface area contributed by atoms with E-state index in [-0.39, 0.29) is 5.91 Å². The first kappa shape index (κ1) is 15.8. The Labute approximate surface area is 127 Å². The predicted octanol–water partition coefficient (Wildman–Crippen LogP) is 2.30. The Bertz CT molecular complexity index is 441. The summed E-state index contributed by atoms with van der Waals surface area (Å²) in [6.45, 7) is 4.32. The Morgan fingerprint density at radius 2 is 2.05 bits per heavy atom. The molecule has 4 heteroatoms. The Hall–Kier alpha value is -1.55. The number of hydrogen-bond acceptors (Lipinski definition) is 3. The SMILES string of the molecule is COc1ccc(C(C)CCNC(=O)CNCC2CC2)cc1. The average molecular weight is 290 g/mol. The van der Waals surface area contributed by atoms with Crippen molar-refractivity contribution in [1.29, 1.82) is 0 Å². The molecule has 2 rings (SSSR count). The van der Waals surface area contributed by atoms with Crippen LogP contribution in [0.15, 0.2) is 24.3 Å². The molecule has 21 heavy (non-hydrogen) atoms. The Balaban J connectivity index is 1.60. The first-order valence-corrected chi connectivity index (χ1v) is 7.80. The number of hydrogen-bond donors (Lipinski definition) is 2. The number of rotatable bonds is 9. The molecule has 1 atom stereocenters. The molecule has 1 aliphatic rings. The minimum atomic E-state index is 0.0950. The summed E-state index contributed by atoms with van der Waals surface area (Å²) in [7, 11) is 1.67. The molecule has 0 aliphatic heterocycles. The summed E-state index contributed by atoms with van der Waals surface area (Å²) in [6.07, 6.45) is 3.57. The van der Waals surface area contributed by atoms with Crippen LogP contribution in [0.3, 0.4) is 0 Å². The second-order valence-electron chi connectivity index (χ2n) is 5.89. The second-order valence-corrected chi connectivity index (χ2v) is 5.89. The summed E-state index contributed by atoms with van der Waals surface area (Å²) >= 11 is 0. The molecular weight excluding hydrogens is 264 g/mol. The van der Waals surface area contributed by atoms with Crippen LogP contribution in [0.5, 0.6) is 5.75 Å². The molecule has 4 nitrogen and oxygen atoms in total. The van der Waals surface area contributed by atoms with Crippen LogP contribution < -0.4 is 15.4 Å². The lowest BCUT2D eigenvalue weighted by molar-refractivity contribution is -0.120. The van der Waals surface area contributed by atoms with Crippen molar-refractivity contribution in [1.82, 2.24) is 10.6 Å². The maximum Gasteiger partial charge on any atom is 0.233 e. The number of ether oxygens (including phenoxy) is 1. The maximum absolute atomic E-state index is 11.7. The molecule has 116 valence electrons. The van der Waals surface area contributed by atoms with Crippen molar-refractivity contribution in [2.75, 3.05) is 26.7 Å². The zero-order valence-corrected chi connectivity index (χ0v) is 13.0. The molecule has 1 aromatic rings. The van der Waals surface area contributed by atoms with Gasteiger partial charge in [0.15, 0.2) is 0 Å². The molecule has 0 spiro atoms. The van der Waals surface area contributed by atoms with Gasteiger partial charge in [-0.25, -0.2) is 0 Å². The monoisotopic (exact) mass is 290 g/mol. The van der Waals surface area contributed by atoms with Gasteiger partial charge in [0.1, 0.15) is 5.75 Å². The fourth-order valence-corrected chi connectivity index (χ4v) is 2.30. The number of amides is 1. The first-order chi connectivity index (χ1) is 10.2. The lowest BCUT2D eigenvalue weighted by Crippen LogP contribution is -2.35. The van der Waals surface area contributed by atoms with Gasteiger partial charge in [-0.15, -0.1) is 0 Å². The van der Waals surface area contributed by atoms with Crippen LogP contribution in [0.1, 0.15) is 37.7 Å². The fraction of sp³-hybridized carbons (Fsp3) is 0.588. The first-order valence-electron chi connectivity index (χ1n) is 7.80. The van der Waals surface area contributed by atoms with Gasteiger partial charge in [0, 0.05) is 6.54 Å². The van der Waals surface area contributed by atoms with Crippen molar-refractivity contribution in [3.05, 3.63) is 29.8 Å². The largest absolute Gasteiger partial charge is 0.497 e. The van der Waals surface area contributed by atoms with E-state index < -0.39 is 0 Å². The van der Waals surface area contributed by atoms with Crippen molar-refractivity contribution >= 4 is 5.91 Å². The minimum Gasteiger partial charge on any atom is -0.497 e. The highest BCUT2D eigenvalue weighted by molar-refractivity contribution is 5.77. The third-order valence-electron chi connectivity index (χ3n) is 4.00. The summed E-state index contributed by atoms with van der Waals surface area (Å²) < 4.78 is 5.16. The summed E-state index contributed by atoms with van der Waals surface area (Å²) in [5.41, 5.74) is 1.27. The highest BCUT2D eigenvalue weighted by Gasteiger charge is 2.20. The normalized spacial score (nSPS) is 15.5. The van der Waals surface area contributed by atoms with Crippen molar-refractivity contribution in [2.45, 2.75) is 32.1 Å². The van der Waals surface area contributed by atoms with Gasteiger partial charge in [0.05, 0.1) is 13.7 Å². The van der Waals surface area contributed by atoms with Gasteiger partial charge in [-0.05, 0) is 55.3 Å². The number of methoxy groups -OCH3 is 1. The predicted molar refractivity (Wildman–Crippen MR) is 84.6 cm³/mol. The van der Waals surface area contributed by atoms with Gasteiger partial charge in [-0.3, -0.25) is 4.79 Å². The maximum atomic E-state index is 11.7. The van der Waals surface area contributed by atoms with Crippen molar-refractivity contribution in [3.8, 4) is 5.75 Å².